The first-order valence-electron chi connectivity index (χ1n) is 4.99. The molecule has 1 aromatic heterocycles. The lowest BCUT2D eigenvalue weighted by atomic mass is 10.3. The summed E-state index contributed by atoms with van der Waals surface area (Å²) < 4.78 is 10.4. The smallest absolute Gasteiger partial charge is 0.137 e. The van der Waals surface area contributed by atoms with Crippen molar-refractivity contribution in [3.63, 3.8) is 0 Å². The van der Waals surface area contributed by atoms with Gasteiger partial charge in [0.05, 0.1) is 24.4 Å². The molecule has 0 atom stereocenters. The van der Waals surface area contributed by atoms with Gasteiger partial charge in [-0.3, -0.25) is 4.98 Å². The monoisotopic (exact) mass is 229 g/mol. The number of hydrogen-bond acceptors (Lipinski definition) is 3. The van der Waals surface area contributed by atoms with Crippen molar-refractivity contribution in [1.82, 2.24) is 4.98 Å². The molecule has 0 amide bonds. The summed E-state index contributed by atoms with van der Waals surface area (Å²) in [7, 11) is 1.70. The first-order valence-corrected chi connectivity index (χ1v) is 5.53. The Labute approximate surface area is 95.4 Å². The summed E-state index contributed by atoms with van der Waals surface area (Å²) in [5.74, 6) is 1.23. The van der Waals surface area contributed by atoms with E-state index in [2.05, 4.69) is 4.98 Å². The topological polar surface area (TPSA) is 31.4 Å². The maximum Gasteiger partial charge on any atom is 0.137 e. The Morgan fingerprint density at radius 2 is 2.07 bits per heavy atom. The number of methoxy groups -OCH3 is 1. The molecule has 0 unspecified atom stereocenters. The van der Waals surface area contributed by atoms with Crippen molar-refractivity contribution < 1.29 is 9.47 Å². The third-order valence-electron chi connectivity index (χ3n) is 1.95. The molecule has 0 N–H and O–H groups in total. The van der Waals surface area contributed by atoms with Gasteiger partial charge in [0.2, 0.25) is 0 Å². The van der Waals surface area contributed by atoms with E-state index < -0.39 is 0 Å². The molecule has 15 heavy (non-hydrogen) atoms. The van der Waals surface area contributed by atoms with Crippen LogP contribution in [0.5, 0.6) is 5.75 Å². The highest BCUT2D eigenvalue weighted by molar-refractivity contribution is 6.16. The van der Waals surface area contributed by atoms with Crippen LogP contribution in [0.15, 0.2) is 18.3 Å². The quantitative estimate of drug-likeness (QED) is 0.532. The molecule has 1 aromatic rings. The molecular formula is C11H16ClNO2. The Hall–Kier alpha value is -0.800. The summed E-state index contributed by atoms with van der Waals surface area (Å²) >= 11 is 5.62. The predicted molar refractivity (Wildman–Crippen MR) is 60.4 cm³/mol. The van der Waals surface area contributed by atoms with Crippen LogP contribution in [0.2, 0.25) is 0 Å². The maximum absolute atomic E-state index is 5.62. The van der Waals surface area contributed by atoms with Crippen molar-refractivity contribution in [2.24, 2.45) is 0 Å². The van der Waals surface area contributed by atoms with Gasteiger partial charge in [0.15, 0.2) is 0 Å². The van der Waals surface area contributed by atoms with E-state index in [0.717, 1.165) is 30.9 Å². The molecule has 3 nitrogen and oxygen atoms in total. The normalized spacial score (nSPS) is 10.3. The molecule has 1 heterocycles. The Morgan fingerprint density at radius 3 is 2.67 bits per heavy atom. The van der Waals surface area contributed by atoms with Crippen LogP contribution in [0.1, 0.15) is 18.5 Å². The van der Waals surface area contributed by atoms with E-state index >= 15 is 0 Å². The molecule has 0 aliphatic carbocycles. The molecule has 1 rings (SSSR count). The number of aromatic nitrogens is 1. The van der Waals surface area contributed by atoms with Gasteiger partial charge in [0.25, 0.3) is 0 Å². The van der Waals surface area contributed by atoms with Gasteiger partial charge in [0, 0.05) is 13.7 Å². The van der Waals surface area contributed by atoms with Crippen molar-refractivity contribution >= 4 is 11.6 Å². The molecule has 0 aromatic carbocycles. The van der Waals surface area contributed by atoms with Crippen molar-refractivity contribution in [3.8, 4) is 5.75 Å². The van der Waals surface area contributed by atoms with Crippen LogP contribution in [0.3, 0.4) is 0 Å². The number of hydrogen-bond donors (Lipinski definition) is 0. The van der Waals surface area contributed by atoms with E-state index in [4.69, 9.17) is 21.1 Å². The average Bonchev–Trinajstić information content (AvgIpc) is 2.30. The predicted octanol–water partition coefficient (Wildman–Crippen LogP) is 2.63. The van der Waals surface area contributed by atoms with Gasteiger partial charge in [0.1, 0.15) is 5.75 Å². The second kappa shape index (κ2) is 7.49. The molecule has 0 fully saturated rings. The minimum atomic E-state index is 0.439. The zero-order chi connectivity index (χ0) is 10.9. The van der Waals surface area contributed by atoms with Crippen LogP contribution in [0.4, 0.5) is 0 Å². The van der Waals surface area contributed by atoms with Crippen molar-refractivity contribution in [3.05, 3.63) is 24.0 Å². The van der Waals surface area contributed by atoms with Gasteiger partial charge in [-0.05, 0) is 25.0 Å². The standard InChI is InChI=1S/C11H16ClNO2/c1-14-6-2-3-7-15-11-5-4-10(8-12)13-9-11/h4-5,9H,2-3,6-8H2,1H3. The van der Waals surface area contributed by atoms with Gasteiger partial charge >= 0.3 is 0 Å². The first kappa shape index (κ1) is 12.3. The number of ether oxygens (including phenoxy) is 2. The molecule has 0 saturated heterocycles. The fourth-order valence-electron chi connectivity index (χ4n) is 1.11. The minimum Gasteiger partial charge on any atom is -0.492 e. The Morgan fingerprint density at radius 1 is 1.27 bits per heavy atom. The third-order valence-corrected chi connectivity index (χ3v) is 2.22. The molecule has 0 radical (unpaired) electrons. The summed E-state index contributed by atoms with van der Waals surface area (Å²) in [6, 6.07) is 3.76. The zero-order valence-electron chi connectivity index (χ0n) is 8.91. The number of nitrogens with zero attached hydrogens (tertiary/aromatic N) is 1. The number of rotatable bonds is 7. The Bertz CT molecular complexity index is 264. The van der Waals surface area contributed by atoms with Crippen LogP contribution < -0.4 is 4.74 Å². The zero-order valence-corrected chi connectivity index (χ0v) is 9.67. The SMILES string of the molecule is COCCCCOc1ccc(CCl)nc1. The molecule has 84 valence electrons. The fourth-order valence-corrected chi connectivity index (χ4v) is 1.27. The van der Waals surface area contributed by atoms with Crippen molar-refractivity contribution in [2.75, 3.05) is 20.3 Å². The van der Waals surface area contributed by atoms with Crippen LogP contribution in [0, 0.1) is 0 Å². The van der Waals surface area contributed by atoms with Crippen LogP contribution >= 0.6 is 11.6 Å². The van der Waals surface area contributed by atoms with Crippen LogP contribution in [-0.4, -0.2) is 25.3 Å². The third kappa shape index (κ3) is 5.00. The summed E-state index contributed by atoms with van der Waals surface area (Å²) in [5, 5.41) is 0. The summed E-state index contributed by atoms with van der Waals surface area (Å²) in [5.41, 5.74) is 0.864. The van der Waals surface area contributed by atoms with E-state index in [9.17, 15) is 0 Å². The Kier molecular flexibility index (Phi) is 6.12. The number of halogens is 1. The van der Waals surface area contributed by atoms with Crippen molar-refractivity contribution in [1.29, 1.82) is 0 Å². The summed E-state index contributed by atoms with van der Waals surface area (Å²) in [6.07, 6.45) is 3.71. The largest absolute Gasteiger partial charge is 0.492 e. The highest BCUT2D eigenvalue weighted by atomic mass is 35.5. The van der Waals surface area contributed by atoms with Gasteiger partial charge in [-0.2, -0.15) is 0 Å². The lowest BCUT2D eigenvalue weighted by molar-refractivity contribution is 0.184. The summed E-state index contributed by atoms with van der Waals surface area (Å²) in [4.78, 5) is 4.13. The van der Waals surface area contributed by atoms with E-state index in [1.165, 1.54) is 0 Å². The number of pyridine rings is 1. The van der Waals surface area contributed by atoms with Gasteiger partial charge < -0.3 is 9.47 Å². The lowest BCUT2D eigenvalue weighted by Gasteiger charge is -2.05. The van der Waals surface area contributed by atoms with E-state index in [1.807, 2.05) is 12.1 Å². The molecule has 0 spiro atoms. The summed E-state index contributed by atoms with van der Waals surface area (Å²) in [6.45, 7) is 1.48. The molecular weight excluding hydrogens is 214 g/mol. The van der Waals surface area contributed by atoms with Crippen LogP contribution in [0.25, 0.3) is 0 Å². The molecule has 0 saturated carbocycles. The number of alkyl halides is 1. The van der Waals surface area contributed by atoms with E-state index in [1.54, 1.807) is 13.3 Å². The highest BCUT2D eigenvalue weighted by Gasteiger charge is 1.95. The second-order valence-corrected chi connectivity index (χ2v) is 3.43. The van der Waals surface area contributed by atoms with Gasteiger partial charge in [-0.1, -0.05) is 0 Å². The van der Waals surface area contributed by atoms with E-state index in [-0.39, 0.29) is 0 Å². The Balaban J connectivity index is 2.20. The molecule has 0 bridgehead atoms. The number of unbranched alkanes of at least 4 members (excludes halogenated alkanes) is 1. The second-order valence-electron chi connectivity index (χ2n) is 3.17. The van der Waals surface area contributed by atoms with E-state index in [0.29, 0.717) is 12.5 Å². The molecule has 0 aliphatic rings. The molecule has 0 aliphatic heterocycles. The first-order chi connectivity index (χ1) is 7.36. The van der Waals surface area contributed by atoms with Gasteiger partial charge in [-0.15, -0.1) is 11.6 Å². The van der Waals surface area contributed by atoms with Gasteiger partial charge in [-0.25, -0.2) is 0 Å². The average molecular weight is 230 g/mol. The fraction of sp³-hybridized carbons (Fsp3) is 0.545. The van der Waals surface area contributed by atoms with Crippen molar-refractivity contribution in [2.45, 2.75) is 18.7 Å². The lowest BCUT2D eigenvalue weighted by Crippen LogP contribution is -2.00. The van der Waals surface area contributed by atoms with Crippen LogP contribution in [-0.2, 0) is 10.6 Å². The maximum atomic E-state index is 5.62. The molecule has 4 heteroatoms. The highest BCUT2D eigenvalue weighted by Crippen LogP contribution is 2.10. The minimum absolute atomic E-state index is 0.439.